The van der Waals surface area contributed by atoms with Crippen molar-refractivity contribution in [3.05, 3.63) is 59.7 Å². The van der Waals surface area contributed by atoms with Gasteiger partial charge in [-0.2, -0.15) is 0 Å². The van der Waals surface area contributed by atoms with Crippen LogP contribution in [0.25, 0.3) is 0 Å². The van der Waals surface area contributed by atoms with Crippen molar-refractivity contribution in [3.63, 3.8) is 0 Å². The minimum Gasteiger partial charge on any atom is -0.457 e. The Morgan fingerprint density at radius 1 is 0.926 bits per heavy atom. The Morgan fingerprint density at radius 2 is 1.41 bits per heavy atom. The molecule has 1 amide bonds. The highest BCUT2D eigenvalue weighted by Crippen LogP contribution is 2.44. The number of quaternary nitrogens is 1. The first-order valence-corrected chi connectivity index (χ1v) is 9.77. The molecule has 0 radical (unpaired) electrons. The number of rotatable bonds is 2. The van der Waals surface area contributed by atoms with Crippen LogP contribution in [0.3, 0.4) is 0 Å². The molecule has 3 N–H and O–H groups in total. The van der Waals surface area contributed by atoms with Gasteiger partial charge < -0.3 is 15.4 Å². The lowest BCUT2D eigenvalue weighted by atomic mass is 9.79. The van der Waals surface area contributed by atoms with Crippen LogP contribution in [0.5, 0.6) is 11.5 Å². The summed E-state index contributed by atoms with van der Waals surface area (Å²) >= 11 is 0. The van der Waals surface area contributed by atoms with Crippen molar-refractivity contribution in [1.29, 1.82) is 0 Å². The van der Waals surface area contributed by atoms with Crippen LogP contribution in [0.4, 0.5) is 0 Å². The summed E-state index contributed by atoms with van der Waals surface area (Å²) in [5.41, 5.74) is 2.11. The third kappa shape index (κ3) is 3.59. The second kappa shape index (κ2) is 6.38. The quantitative estimate of drug-likeness (QED) is 0.858. The Bertz CT molecular complexity index is 811. The van der Waals surface area contributed by atoms with Crippen LogP contribution in [0, 0.1) is 0 Å². The van der Waals surface area contributed by atoms with Crippen molar-refractivity contribution in [1.82, 2.24) is 5.32 Å². The number of nitrogens with one attached hydrogen (secondary N) is 1. The number of hydrogen-bond acceptors (Lipinski definition) is 2. The summed E-state index contributed by atoms with van der Waals surface area (Å²) in [7, 11) is 0. The zero-order valence-corrected chi connectivity index (χ0v) is 16.6. The zero-order valence-electron chi connectivity index (χ0n) is 16.6. The summed E-state index contributed by atoms with van der Waals surface area (Å²) in [6, 6.07) is 15.9. The van der Waals surface area contributed by atoms with Crippen molar-refractivity contribution in [3.8, 4) is 11.5 Å². The predicted octanol–water partition coefficient (Wildman–Crippen LogP) is 3.32. The molecule has 0 spiro atoms. The van der Waals surface area contributed by atoms with Gasteiger partial charge in [0, 0.05) is 30.0 Å². The lowest BCUT2D eigenvalue weighted by Crippen LogP contribution is -3.06. The van der Waals surface area contributed by atoms with Crippen LogP contribution in [-0.4, -0.2) is 23.0 Å². The van der Waals surface area contributed by atoms with Gasteiger partial charge in [0.15, 0.2) is 0 Å². The molecule has 0 unspecified atom stereocenters. The summed E-state index contributed by atoms with van der Waals surface area (Å²) in [6.45, 7) is 9.02. The van der Waals surface area contributed by atoms with Crippen LogP contribution in [-0.2, 0) is 4.79 Å². The topological polar surface area (TPSA) is 54.9 Å². The molecule has 0 saturated carbocycles. The first-order valence-electron chi connectivity index (χ1n) is 9.77. The fraction of sp³-hybridized carbons (Fsp3) is 0.435. The maximum Gasteiger partial charge on any atom is 0.232 e. The Kier molecular flexibility index (Phi) is 4.26. The van der Waals surface area contributed by atoms with Gasteiger partial charge >= 0.3 is 0 Å². The number of ether oxygens (including phenoxy) is 1. The lowest BCUT2D eigenvalue weighted by Gasteiger charge is -2.43. The van der Waals surface area contributed by atoms with Crippen LogP contribution < -0.4 is 15.4 Å². The monoisotopic (exact) mass is 365 g/mol. The second-order valence-corrected chi connectivity index (χ2v) is 9.35. The first kappa shape index (κ1) is 18.1. The van der Waals surface area contributed by atoms with E-state index in [9.17, 15) is 4.79 Å². The minimum atomic E-state index is -0.330. The minimum absolute atomic E-state index is 0.0664. The number of carbonyl (C=O) groups is 1. The van der Waals surface area contributed by atoms with Crippen LogP contribution in [0.15, 0.2) is 48.5 Å². The first-order chi connectivity index (χ1) is 12.7. The molecule has 1 saturated heterocycles. The molecular formula is C23H29N2O2+. The Balaban J connectivity index is 1.64. The molecule has 2 aromatic carbocycles. The molecule has 2 aliphatic heterocycles. The fourth-order valence-corrected chi connectivity index (χ4v) is 5.10. The maximum absolute atomic E-state index is 13.4. The van der Waals surface area contributed by atoms with Gasteiger partial charge in [-0.1, -0.05) is 36.4 Å². The molecular weight excluding hydrogens is 336 g/mol. The number of amides is 1. The number of fused-ring (bicyclic) bond motifs is 2. The lowest BCUT2D eigenvalue weighted by molar-refractivity contribution is -0.787. The van der Waals surface area contributed by atoms with E-state index in [1.165, 1.54) is 0 Å². The summed E-state index contributed by atoms with van der Waals surface area (Å²) in [4.78, 5) is 13.4. The predicted molar refractivity (Wildman–Crippen MR) is 106 cm³/mol. The molecule has 27 heavy (non-hydrogen) atoms. The summed E-state index contributed by atoms with van der Waals surface area (Å²) in [5.74, 6) is 1.28. The molecule has 4 heteroatoms. The van der Waals surface area contributed by atoms with Gasteiger partial charge in [0.05, 0.1) is 17.0 Å². The van der Waals surface area contributed by atoms with E-state index in [0.717, 1.165) is 35.5 Å². The highest BCUT2D eigenvalue weighted by atomic mass is 16.5. The van der Waals surface area contributed by atoms with E-state index in [-0.39, 0.29) is 28.9 Å². The number of nitrogens with two attached hydrogens (primary N) is 1. The average molecular weight is 365 g/mol. The van der Waals surface area contributed by atoms with Gasteiger partial charge in [0.1, 0.15) is 11.5 Å². The molecule has 0 bridgehead atoms. The number of para-hydroxylation sites is 2. The Labute approximate surface area is 161 Å². The Morgan fingerprint density at radius 3 is 1.93 bits per heavy atom. The van der Waals surface area contributed by atoms with Crippen LogP contribution in [0.1, 0.15) is 57.6 Å². The van der Waals surface area contributed by atoms with Gasteiger partial charge in [0.25, 0.3) is 0 Å². The van der Waals surface area contributed by atoms with Crippen molar-refractivity contribution in [2.24, 2.45) is 0 Å². The normalized spacial score (nSPS) is 20.9. The van der Waals surface area contributed by atoms with Gasteiger partial charge in [-0.25, -0.2) is 0 Å². The van der Waals surface area contributed by atoms with E-state index in [4.69, 9.17) is 4.74 Å². The molecule has 2 aliphatic rings. The third-order valence-corrected chi connectivity index (χ3v) is 5.61. The Hall–Kier alpha value is -2.33. The van der Waals surface area contributed by atoms with E-state index < -0.39 is 0 Å². The SMILES string of the molecule is CC1(C)CC(NC(=O)C2c3ccccc3Oc3ccccc32)CC(C)(C)[NH2+]1. The zero-order chi connectivity index (χ0) is 19.2. The van der Waals surface area contributed by atoms with Crippen molar-refractivity contribution in [2.75, 3.05) is 0 Å². The van der Waals surface area contributed by atoms with Gasteiger partial charge in [-0.15, -0.1) is 0 Å². The molecule has 0 atom stereocenters. The molecule has 2 aromatic rings. The second-order valence-electron chi connectivity index (χ2n) is 9.35. The maximum atomic E-state index is 13.4. The average Bonchev–Trinajstić information content (AvgIpc) is 2.56. The van der Waals surface area contributed by atoms with Gasteiger partial charge in [0.2, 0.25) is 5.91 Å². The summed E-state index contributed by atoms with van der Waals surface area (Å²) < 4.78 is 6.03. The third-order valence-electron chi connectivity index (χ3n) is 5.61. The fourth-order valence-electron chi connectivity index (χ4n) is 5.10. The summed E-state index contributed by atoms with van der Waals surface area (Å²) in [6.07, 6.45) is 1.93. The van der Waals surface area contributed by atoms with Gasteiger partial charge in [-0.05, 0) is 39.8 Å². The highest BCUT2D eigenvalue weighted by molar-refractivity contribution is 5.89. The number of piperidine rings is 1. The van der Waals surface area contributed by atoms with E-state index in [2.05, 4.69) is 38.3 Å². The molecule has 0 aromatic heterocycles. The van der Waals surface area contributed by atoms with E-state index in [1.54, 1.807) is 0 Å². The van der Waals surface area contributed by atoms with Crippen molar-refractivity contribution in [2.45, 2.75) is 63.6 Å². The highest BCUT2D eigenvalue weighted by Gasteiger charge is 2.43. The number of carbonyl (C=O) groups excluding carboxylic acids is 1. The van der Waals surface area contributed by atoms with Crippen molar-refractivity contribution >= 4 is 5.91 Å². The smallest absolute Gasteiger partial charge is 0.232 e. The molecule has 0 aliphatic carbocycles. The number of hydrogen-bond donors (Lipinski definition) is 2. The largest absolute Gasteiger partial charge is 0.457 e. The molecule has 4 rings (SSSR count). The number of benzene rings is 2. The van der Waals surface area contributed by atoms with Gasteiger partial charge in [-0.3, -0.25) is 4.79 Å². The summed E-state index contributed by atoms with van der Waals surface area (Å²) in [5, 5.41) is 5.80. The van der Waals surface area contributed by atoms with E-state index in [0.29, 0.717) is 0 Å². The molecule has 1 fully saturated rings. The standard InChI is InChI=1S/C23H28N2O2/c1-22(2)13-15(14-23(3,4)25-22)24-21(26)20-16-9-5-7-11-18(16)27-19-12-8-6-10-17(19)20/h5-12,15,20,25H,13-14H2,1-4H3,(H,24,26)/p+1. The van der Waals surface area contributed by atoms with E-state index >= 15 is 0 Å². The van der Waals surface area contributed by atoms with E-state index in [1.807, 2.05) is 48.5 Å². The van der Waals surface area contributed by atoms with Crippen molar-refractivity contribution < 1.29 is 14.8 Å². The van der Waals surface area contributed by atoms with Crippen LogP contribution in [0.2, 0.25) is 0 Å². The molecule has 4 nitrogen and oxygen atoms in total. The van der Waals surface area contributed by atoms with Crippen LogP contribution >= 0.6 is 0 Å². The molecule has 142 valence electrons. The molecule has 2 heterocycles.